The molecular formula is C20H18N4O3. The Bertz CT molecular complexity index is 927. The molecule has 0 aliphatic heterocycles. The highest BCUT2D eigenvalue weighted by atomic mass is 16.5. The number of amides is 2. The number of nitrogens with zero attached hydrogens (tertiary/aromatic N) is 2. The van der Waals surface area contributed by atoms with E-state index in [4.69, 9.17) is 4.74 Å². The van der Waals surface area contributed by atoms with Crippen molar-refractivity contribution in [2.24, 2.45) is 0 Å². The predicted molar refractivity (Wildman–Crippen MR) is 101 cm³/mol. The molecule has 2 amide bonds. The Hall–Kier alpha value is -3.74. The van der Waals surface area contributed by atoms with Crippen LogP contribution in [-0.2, 0) is 6.54 Å². The number of hydrogen-bond donors (Lipinski definition) is 2. The van der Waals surface area contributed by atoms with Crippen LogP contribution in [0.1, 0.15) is 26.5 Å². The highest BCUT2D eigenvalue weighted by Crippen LogP contribution is 2.15. The van der Waals surface area contributed by atoms with E-state index in [1.807, 2.05) is 12.1 Å². The number of hydrogen-bond acceptors (Lipinski definition) is 5. The highest BCUT2D eigenvalue weighted by Gasteiger charge is 2.12. The first-order valence-corrected chi connectivity index (χ1v) is 8.25. The fourth-order valence-corrected chi connectivity index (χ4v) is 2.33. The summed E-state index contributed by atoms with van der Waals surface area (Å²) in [5.41, 5.74) is 1.86. The van der Waals surface area contributed by atoms with Gasteiger partial charge in [0.25, 0.3) is 11.8 Å². The van der Waals surface area contributed by atoms with Gasteiger partial charge >= 0.3 is 0 Å². The largest absolute Gasteiger partial charge is 0.497 e. The average molecular weight is 362 g/mol. The lowest BCUT2D eigenvalue weighted by atomic mass is 10.2. The Morgan fingerprint density at radius 1 is 0.926 bits per heavy atom. The van der Waals surface area contributed by atoms with Crippen LogP contribution in [0.15, 0.2) is 67.0 Å². The Morgan fingerprint density at radius 3 is 2.26 bits per heavy atom. The molecule has 2 aromatic heterocycles. The fourth-order valence-electron chi connectivity index (χ4n) is 2.33. The maximum Gasteiger partial charge on any atom is 0.274 e. The SMILES string of the molecule is COc1ccc(NC(=O)c2cccc(C(=O)NCc3ccncc3)n2)cc1. The molecule has 1 aromatic carbocycles. The van der Waals surface area contributed by atoms with E-state index in [1.54, 1.807) is 62.0 Å². The molecule has 0 atom stereocenters. The molecule has 2 heterocycles. The number of benzene rings is 1. The predicted octanol–water partition coefficient (Wildman–Crippen LogP) is 2.67. The molecule has 0 spiro atoms. The maximum absolute atomic E-state index is 12.4. The Balaban J connectivity index is 1.64. The standard InChI is InChI=1S/C20H18N4O3/c1-27-16-7-5-15(6-8-16)23-20(26)18-4-2-3-17(24-18)19(25)22-13-14-9-11-21-12-10-14/h2-12H,13H2,1H3,(H,22,25)(H,23,26). The molecule has 0 aliphatic carbocycles. The smallest absolute Gasteiger partial charge is 0.274 e. The molecule has 0 saturated heterocycles. The normalized spacial score (nSPS) is 10.1. The molecule has 7 nitrogen and oxygen atoms in total. The average Bonchev–Trinajstić information content (AvgIpc) is 2.73. The molecule has 0 unspecified atom stereocenters. The van der Waals surface area contributed by atoms with Crippen molar-refractivity contribution in [2.75, 3.05) is 12.4 Å². The zero-order valence-electron chi connectivity index (χ0n) is 14.7. The molecule has 2 N–H and O–H groups in total. The van der Waals surface area contributed by atoms with Gasteiger partial charge in [-0.15, -0.1) is 0 Å². The zero-order chi connectivity index (χ0) is 19.1. The first kappa shape index (κ1) is 18.1. The van der Waals surface area contributed by atoms with Gasteiger partial charge in [0.2, 0.25) is 0 Å². The van der Waals surface area contributed by atoms with Crippen LogP contribution >= 0.6 is 0 Å². The number of ether oxygens (including phenoxy) is 1. The van der Waals surface area contributed by atoms with E-state index >= 15 is 0 Å². The Labute approximate surface area is 156 Å². The summed E-state index contributed by atoms with van der Waals surface area (Å²) >= 11 is 0. The zero-order valence-corrected chi connectivity index (χ0v) is 14.7. The van der Waals surface area contributed by atoms with Crippen LogP contribution in [0.3, 0.4) is 0 Å². The monoisotopic (exact) mass is 362 g/mol. The van der Waals surface area contributed by atoms with Gasteiger partial charge in [-0.3, -0.25) is 14.6 Å². The molecule has 0 saturated carbocycles. The summed E-state index contributed by atoms with van der Waals surface area (Å²) in [6.45, 7) is 0.352. The van der Waals surface area contributed by atoms with Crippen molar-refractivity contribution in [3.8, 4) is 5.75 Å². The van der Waals surface area contributed by atoms with E-state index < -0.39 is 5.91 Å². The highest BCUT2D eigenvalue weighted by molar-refractivity contribution is 6.03. The summed E-state index contributed by atoms with van der Waals surface area (Å²) in [4.78, 5) is 32.7. The molecule has 0 aliphatic rings. The van der Waals surface area contributed by atoms with E-state index in [0.29, 0.717) is 18.0 Å². The molecule has 0 bridgehead atoms. The van der Waals surface area contributed by atoms with Crippen LogP contribution in [-0.4, -0.2) is 28.9 Å². The number of nitrogens with one attached hydrogen (secondary N) is 2. The Kier molecular flexibility index (Phi) is 5.73. The van der Waals surface area contributed by atoms with Crippen molar-refractivity contribution < 1.29 is 14.3 Å². The number of anilines is 1. The van der Waals surface area contributed by atoms with Crippen LogP contribution in [0.5, 0.6) is 5.75 Å². The van der Waals surface area contributed by atoms with Gasteiger partial charge in [0.05, 0.1) is 7.11 Å². The van der Waals surface area contributed by atoms with E-state index in [-0.39, 0.29) is 17.3 Å². The second kappa shape index (κ2) is 8.57. The van der Waals surface area contributed by atoms with Gasteiger partial charge in [-0.1, -0.05) is 6.07 Å². The van der Waals surface area contributed by atoms with Gasteiger partial charge in [0.15, 0.2) is 0 Å². The minimum Gasteiger partial charge on any atom is -0.497 e. The molecule has 136 valence electrons. The van der Waals surface area contributed by atoms with E-state index in [1.165, 1.54) is 0 Å². The molecule has 3 rings (SSSR count). The molecule has 0 radical (unpaired) electrons. The molecular weight excluding hydrogens is 344 g/mol. The quantitative estimate of drug-likeness (QED) is 0.703. The van der Waals surface area contributed by atoms with Crippen LogP contribution < -0.4 is 15.4 Å². The van der Waals surface area contributed by atoms with Crippen LogP contribution in [0.25, 0.3) is 0 Å². The van der Waals surface area contributed by atoms with Crippen LogP contribution in [0, 0.1) is 0 Å². The number of methoxy groups -OCH3 is 1. The van der Waals surface area contributed by atoms with Gasteiger partial charge in [-0.25, -0.2) is 4.98 Å². The maximum atomic E-state index is 12.4. The number of rotatable bonds is 6. The minimum atomic E-state index is -0.399. The van der Waals surface area contributed by atoms with Crippen molar-refractivity contribution >= 4 is 17.5 Å². The van der Waals surface area contributed by atoms with Crippen molar-refractivity contribution in [3.63, 3.8) is 0 Å². The number of carbonyl (C=O) groups excluding carboxylic acids is 2. The lowest BCUT2D eigenvalue weighted by molar-refractivity contribution is 0.0945. The summed E-state index contributed by atoms with van der Waals surface area (Å²) in [6.07, 6.45) is 3.31. The summed E-state index contributed by atoms with van der Waals surface area (Å²) in [7, 11) is 1.57. The molecule has 27 heavy (non-hydrogen) atoms. The molecule has 7 heteroatoms. The third kappa shape index (κ3) is 4.88. The Morgan fingerprint density at radius 2 is 1.59 bits per heavy atom. The summed E-state index contributed by atoms with van der Waals surface area (Å²) in [6, 6.07) is 15.3. The van der Waals surface area contributed by atoms with Gasteiger partial charge < -0.3 is 15.4 Å². The number of carbonyl (C=O) groups is 2. The first-order valence-electron chi connectivity index (χ1n) is 8.25. The minimum absolute atomic E-state index is 0.155. The van der Waals surface area contributed by atoms with Gasteiger partial charge in [-0.05, 0) is 54.1 Å². The van der Waals surface area contributed by atoms with Crippen molar-refractivity contribution in [1.82, 2.24) is 15.3 Å². The molecule has 0 fully saturated rings. The van der Waals surface area contributed by atoms with Crippen molar-refractivity contribution in [2.45, 2.75) is 6.54 Å². The third-order valence-electron chi connectivity index (χ3n) is 3.76. The summed E-state index contributed by atoms with van der Waals surface area (Å²) in [5, 5.41) is 5.51. The molecule has 3 aromatic rings. The number of pyridine rings is 2. The van der Waals surface area contributed by atoms with Gasteiger partial charge in [-0.2, -0.15) is 0 Å². The summed E-state index contributed by atoms with van der Waals surface area (Å²) in [5.74, 6) is -0.0612. The lowest BCUT2D eigenvalue weighted by Gasteiger charge is -2.08. The van der Waals surface area contributed by atoms with Crippen LogP contribution in [0.4, 0.5) is 5.69 Å². The van der Waals surface area contributed by atoms with E-state index in [9.17, 15) is 9.59 Å². The van der Waals surface area contributed by atoms with Crippen LogP contribution in [0.2, 0.25) is 0 Å². The lowest BCUT2D eigenvalue weighted by Crippen LogP contribution is -2.25. The fraction of sp³-hybridized carbons (Fsp3) is 0.100. The van der Waals surface area contributed by atoms with E-state index in [0.717, 1.165) is 5.56 Å². The second-order valence-corrected chi connectivity index (χ2v) is 5.63. The van der Waals surface area contributed by atoms with Gasteiger partial charge in [0, 0.05) is 24.6 Å². The summed E-state index contributed by atoms with van der Waals surface area (Å²) < 4.78 is 5.08. The third-order valence-corrected chi connectivity index (χ3v) is 3.76. The van der Waals surface area contributed by atoms with E-state index in [2.05, 4.69) is 20.6 Å². The topological polar surface area (TPSA) is 93.2 Å². The first-order chi connectivity index (χ1) is 13.2. The van der Waals surface area contributed by atoms with Gasteiger partial charge in [0.1, 0.15) is 17.1 Å². The van der Waals surface area contributed by atoms with Crippen molar-refractivity contribution in [3.05, 3.63) is 83.9 Å². The van der Waals surface area contributed by atoms with Crippen molar-refractivity contribution in [1.29, 1.82) is 0 Å². The number of aromatic nitrogens is 2. The second-order valence-electron chi connectivity index (χ2n) is 5.63.